The Morgan fingerprint density at radius 3 is 2.57 bits per heavy atom. The predicted octanol–water partition coefficient (Wildman–Crippen LogP) is 2.27. The largest absolute Gasteiger partial charge is 0.328 e. The minimum atomic E-state index is -4.51. The molecule has 0 atom stereocenters. The van der Waals surface area contributed by atoms with E-state index in [-0.39, 0.29) is 11.3 Å². The highest BCUT2D eigenvalue weighted by atomic mass is 32.3. The number of hydrogen-bond acceptors (Lipinski definition) is 2. The summed E-state index contributed by atoms with van der Waals surface area (Å²) in [6, 6.07) is 7.41. The van der Waals surface area contributed by atoms with E-state index in [9.17, 15) is 12.3 Å². The van der Waals surface area contributed by atoms with Crippen LogP contribution in [0.3, 0.4) is 0 Å². The summed E-state index contributed by atoms with van der Waals surface area (Å²) in [5.41, 5.74) is 1.87. The van der Waals surface area contributed by atoms with Crippen LogP contribution in [-0.2, 0) is 16.6 Å². The average Bonchev–Trinajstić information content (AvgIpc) is 2.16. The zero-order valence-corrected chi connectivity index (χ0v) is 8.22. The third-order valence-corrected chi connectivity index (χ3v) is 3.27. The Hall–Kier alpha value is -1.16. The maximum Gasteiger partial charge on any atom is 0.328 e. The van der Waals surface area contributed by atoms with Gasteiger partial charge in [0.2, 0.25) is 0 Å². The van der Waals surface area contributed by atoms with Crippen LogP contribution < -0.4 is 0 Å². The van der Waals surface area contributed by atoms with E-state index >= 15 is 0 Å². The fourth-order valence-corrected chi connectivity index (χ4v) is 2.21. The number of halogens is 1. The molecule has 1 aliphatic carbocycles. The van der Waals surface area contributed by atoms with Crippen molar-refractivity contribution in [3.05, 3.63) is 40.3 Å². The summed E-state index contributed by atoms with van der Waals surface area (Å²) in [5, 5.41) is 0. The van der Waals surface area contributed by atoms with Crippen LogP contribution in [0.4, 0.5) is 3.89 Å². The molecular weight excluding hydrogens is 203 g/mol. The van der Waals surface area contributed by atoms with Gasteiger partial charge in [-0.15, -0.1) is 3.89 Å². The van der Waals surface area contributed by atoms with E-state index in [2.05, 4.69) is 0 Å². The molecule has 0 radical (unpaired) electrons. The molecule has 4 heteroatoms. The van der Waals surface area contributed by atoms with Gasteiger partial charge in [0.1, 0.15) is 0 Å². The Morgan fingerprint density at radius 2 is 1.86 bits per heavy atom. The second kappa shape index (κ2) is 3.20. The third kappa shape index (κ3) is 1.70. The Bertz CT molecular complexity index is 489. The van der Waals surface area contributed by atoms with Crippen LogP contribution in [0.2, 0.25) is 0 Å². The van der Waals surface area contributed by atoms with Crippen molar-refractivity contribution in [2.24, 2.45) is 0 Å². The smallest absolute Gasteiger partial charge is 0.190 e. The molecular formula is C10H9FO2S. The van der Waals surface area contributed by atoms with Gasteiger partial charge in [-0.3, -0.25) is 0 Å². The SMILES string of the molecule is O=S(=O)(F)C1=Cc2ccccc2CC1. The van der Waals surface area contributed by atoms with Crippen LogP contribution in [0, 0.1) is 0 Å². The van der Waals surface area contributed by atoms with E-state index in [0.29, 0.717) is 6.42 Å². The molecule has 0 N–H and O–H groups in total. The average molecular weight is 212 g/mol. The zero-order valence-electron chi connectivity index (χ0n) is 7.40. The van der Waals surface area contributed by atoms with E-state index in [1.807, 2.05) is 18.2 Å². The maximum absolute atomic E-state index is 12.7. The first-order valence-electron chi connectivity index (χ1n) is 4.30. The molecule has 74 valence electrons. The van der Waals surface area contributed by atoms with Crippen molar-refractivity contribution in [2.45, 2.75) is 12.8 Å². The van der Waals surface area contributed by atoms with E-state index < -0.39 is 10.2 Å². The summed E-state index contributed by atoms with van der Waals surface area (Å²) < 4.78 is 34.0. The molecule has 2 nitrogen and oxygen atoms in total. The molecule has 14 heavy (non-hydrogen) atoms. The Kier molecular flexibility index (Phi) is 2.15. The molecule has 0 saturated heterocycles. The summed E-state index contributed by atoms with van der Waals surface area (Å²) >= 11 is 0. The van der Waals surface area contributed by atoms with Crippen LogP contribution in [0.25, 0.3) is 6.08 Å². The first-order valence-corrected chi connectivity index (χ1v) is 5.69. The number of fused-ring (bicyclic) bond motifs is 1. The molecule has 0 aliphatic heterocycles. The Balaban J connectivity index is 2.51. The Morgan fingerprint density at radius 1 is 1.14 bits per heavy atom. The van der Waals surface area contributed by atoms with Crippen molar-refractivity contribution in [1.29, 1.82) is 0 Å². The number of benzene rings is 1. The predicted molar refractivity (Wildman–Crippen MR) is 52.8 cm³/mol. The minimum absolute atomic E-state index is 0.115. The van der Waals surface area contributed by atoms with Crippen LogP contribution in [0.5, 0.6) is 0 Å². The molecule has 0 heterocycles. The highest BCUT2D eigenvalue weighted by Gasteiger charge is 2.20. The van der Waals surface area contributed by atoms with Crippen LogP contribution in [0.1, 0.15) is 17.5 Å². The molecule has 2 rings (SSSR count). The molecule has 0 spiro atoms. The lowest BCUT2D eigenvalue weighted by atomic mass is 9.98. The van der Waals surface area contributed by atoms with Crippen LogP contribution >= 0.6 is 0 Å². The lowest BCUT2D eigenvalue weighted by Crippen LogP contribution is -2.04. The molecule has 1 aromatic rings. The van der Waals surface area contributed by atoms with Gasteiger partial charge in [0.25, 0.3) is 0 Å². The molecule has 0 unspecified atom stereocenters. The van der Waals surface area contributed by atoms with Crippen molar-refractivity contribution in [3.8, 4) is 0 Å². The van der Waals surface area contributed by atoms with E-state index in [0.717, 1.165) is 11.1 Å². The van der Waals surface area contributed by atoms with Crippen molar-refractivity contribution >= 4 is 16.3 Å². The van der Waals surface area contributed by atoms with E-state index in [1.165, 1.54) is 6.08 Å². The molecule has 0 fully saturated rings. The summed E-state index contributed by atoms with van der Waals surface area (Å²) in [7, 11) is -4.51. The first kappa shape index (κ1) is 9.40. The minimum Gasteiger partial charge on any atom is -0.190 e. The van der Waals surface area contributed by atoms with Gasteiger partial charge in [-0.1, -0.05) is 24.3 Å². The van der Waals surface area contributed by atoms with Gasteiger partial charge in [0.05, 0.1) is 4.91 Å². The van der Waals surface area contributed by atoms with Crippen molar-refractivity contribution in [2.75, 3.05) is 0 Å². The first-order chi connectivity index (χ1) is 6.57. The summed E-state index contributed by atoms with van der Waals surface area (Å²) in [6.07, 6.45) is 2.26. The number of allylic oxidation sites excluding steroid dienone is 1. The van der Waals surface area contributed by atoms with Gasteiger partial charge >= 0.3 is 10.2 Å². The molecule has 0 aromatic heterocycles. The summed E-state index contributed by atoms with van der Waals surface area (Å²) in [4.78, 5) is -0.115. The lowest BCUT2D eigenvalue weighted by molar-refractivity contribution is 0.557. The van der Waals surface area contributed by atoms with Crippen molar-refractivity contribution < 1.29 is 12.3 Å². The van der Waals surface area contributed by atoms with Crippen LogP contribution in [0.15, 0.2) is 29.2 Å². The zero-order chi connectivity index (χ0) is 10.2. The van der Waals surface area contributed by atoms with Crippen molar-refractivity contribution in [3.63, 3.8) is 0 Å². The summed E-state index contributed by atoms with van der Waals surface area (Å²) in [5.74, 6) is 0. The normalized spacial score (nSPS) is 15.9. The van der Waals surface area contributed by atoms with Gasteiger partial charge in [-0.05, 0) is 30.0 Å². The highest BCUT2D eigenvalue weighted by molar-refractivity contribution is 7.90. The fraction of sp³-hybridized carbons (Fsp3) is 0.200. The van der Waals surface area contributed by atoms with Gasteiger partial charge in [0, 0.05) is 0 Å². The number of hydrogen-bond donors (Lipinski definition) is 0. The summed E-state index contributed by atoms with van der Waals surface area (Å²) in [6.45, 7) is 0. The second-order valence-corrected chi connectivity index (χ2v) is 4.65. The Labute approximate surface area is 82.3 Å². The number of aryl methyl sites for hydroxylation is 1. The lowest BCUT2D eigenvalue weighted by Gasteiger charge is -2.13. The number of rotatable bonds is 1. The standard InChI is InChI=1S/C10H9FO2S/c11-14(12,13)10-6-5-8-3-1-2-4-9(8)7-10/h1-4,7H,5-6H2. The van der Waals surface area contributed by atoms with Gasteiger partial charge in [0.15, 0.2) is 0 Å². The van der Waals surface area contributed by atoms with E-state index in [1.54, 1.807) is 6.07 Å². The molecule has 0 amide bonds. The molecule has 1 aliphatic rings. The second-order valence-electron chi connectivity index (χ2n) is 3.25. The third-order valence-electron chi connectivity index (χ3n) is 2.33. The maximum atomic E-state index is 12.7. The fourth-order valence-electron chi connectivity index (χ4n) is 1.60. The van der Waals surface area contributed by atoms with Gasteiger partial charge < -0.3 is 0 Å². The van der Waals surface area contributed by atoms with Crippen LogP contribution in [-0.4, -0.2) is 8.42 Å². The molecule has 0 bridgehead atoms. The topological polar surface area (TPSA) is 34.1 Å². The monoisotopic (exact) mass is 212 g/mol. The molecule has 0 saturated carbocycles. The quantitative estimate of drug-likeness (QED) is 0.669. The van der Waals surface area contributed by atoms with Gasteiger partial charge in [-0.2, -0.15) is 8.42 Å². The van der Waals surface area contributed by atoms with Crippen molar-refractivity contribution in [1.82, 2.24) is 0 Å². The molecule has 1 aromatic carbocycles. The van der Waals surface area contributed by atoms with E-state index in [4.69, 9.17) is 0 Å². The highest BCUT2D eigenvalue weighted by Crippen LogP contribution is 2.27. The van der Waals surface area contributed by atoms with Gasteiger partial charge in [-0.25, -0.2) is 0 Å².